The maximum atomic E-state index is 11.6. The first-order valence-corrected chi connectivity index (χ1v) is 13.6. The van der Waals surface area contributed by atoms with E-state index in [0.29, 0.717) is 13.0 Å². The van der Waals surface area contributed by atoms with Crippen LogP contribution >= 0.6 is 8.60 Å². The summed E-state index contributed by atoms with van der Waals surface area (Å²) in [5.74, 6) is -0.0202. The third kappa shape index (κ3) is 34.5. The minimum absolute atomic E-state index is 0.0202. The molecule has 0 aliphatic carbocycles. The highest BCUT2D eigenvalue weighted by Gasteiger charge is 2.09. The van der Waals surface area contributed by atoms with Crippen LogP contribution in [-0.2, 0) is 14.1 Å². The van der Waals surface area contributed by atoms with Crippen LogP contribution in [0.1, 0.15) is 110 Å². The number of hydrogen-bond acceptors (Lipinski definition) is 5. The molecule has 0 atom stereocenters. The molecule has 0 aromatic carbocycles. The van der Waals surface area contributed by atoms with Gasteiger partial charge in [0.15, 0.2) is 0 Å². The van der Waals surface area contributed by atoms with Crippen LogP contribution in [0, 0.1) is 0 Å². The molecule has 2 N–H and O–H groups in total. The van der Waals surface area contributed by atoms with Crippen LogP contribution in [0.4, 0.5) is 0 Å². The summed E-state index contributed by atoms with van der Waals surface area (Å²) in [6, 6.07) is 0. The number of likely N-dealkylation sites (N-methyl/N-ethyl adjacent to an activating group) is 1. The second kappa shape index (κ2) is 24.4. The third-order valence-corrected chi connectivity index (χ3v) is 5.50. The molecule has 0 aliphatic rings. The zero-order valence-electron chi connectivity index (χ0n) is 21.2. The summed E-state index contributed by atoms with van der Waals surface area (Å²) >= 11 is 0. The zero-order valence-corrected chi connectivity index (χ0v) is 22.1. The molecule has 188 valence electrons. The molecule has 0 fully saturated rings. The highest BCUT2D eigenvalue weighted by molar-refractivity contribution is 7.39. The Hall–Kier alpha value is -0.260. The topological polar surface area (TPSA) is 76.0 Å². The highest BCUT2D eigenvalue weighted by atomic mass is 31.2. The Bertz CT molecular complexity index is 375. The maximum Gasteiger partial charge on any atom is 0.326 e. The van der Waals surface area contributed by atoms with E-state index in [1.165, 1.54) is 97.0 Å². The van der Waals surface area contributed by atoms with Crippen molar-refractivity contribution in [3.8, 4) is 0 Å². The van der Waals surface area contributed by atoms with Gasteiger partial charge in [-0.3, -0.25) is 4.79 Å². The number of rotatable bonds is 20. The lowest BCUT2D eigenvalue weighted by molar-refractivity contribution is -0.870. The average molecular weight is 467 g/mol. The summed E-state index contributed by atoms with van der Waals surface area (Å²) in [6.07, 6.45) is 20.9. The van der Waals surface area contributed by atoms with Crippen molar-refractivity contribution in [3.05, 3.63) is 0 Å². The van der Waals surface area contributed by atoms with Gasteiger partial charge in [-0.2, -0.15) is 0 Å². The molecule has 0 saturated carbocycles. The quantitative estimate of drug-likeness (QED) is 0.0947. The minimum atomic E-state index is -2.10. The molecule has 0 rings (SSSR count). The van der Waals surface area contributed by atoms with Crippen LogP contribution in [0.15, 0.2) is 0 Å². The summed E-state index contributed by atoms with van der Waals surface area (Å²) in [7, 11) is 5.47. The van der Waals surface area contributed by atoms with Gasteiger partial charge < -0.3 is 23.5 Å². The summed E-state index contributed by atoms with van der Waals surface area (Å²) in [5.41, 5.74) is 0. The fraction of sp³-hybridized carbons (Fsp3) is 0.958. The summed E-state index contributed by atoms with van der Waals surface area (Å²) in [6.45, 7) is 3.70. The van der Waals surface area contributed by atoms with Gasteiger partial charge >= 0.3 is 14.6 Å². The van der Waals surface area contributed by atoms with E-state index in [0.717, 1.165) is 17.4 Å². The average Bonchev–Trinajstić information content (AvgIpc) is 2.70. The fourth-order valence-corrected chi connectivity index (χ4v) is 3.15. The molecule has 7 heteroatoms. The largest absolute Gasteiger partial charge is 0.460 e. The molecule has 0 aromatic rings. The number of carbonyl (C=O) groups is 1. The Kier molecular flexibility index (Phi) is 25.9. The zero-order chi connectivity index (χ0) is 23.8. The first kappa shape index (κ1) is 32.9. The number of hydrogen-bond donors (Lipinski definition) is 2. The molecule has 0 aromatic heterocycles. The molecule has 0 saturated heterocycles. The SMILES string of the molecule is CCCCCCCCCCCCCCCCCC(=O)OCC[N+](C)(C)C.COP(O)O. The van der Waals surface area contributed by atoms with Gasteiger partial charge in [-0.25, -0.2) is 0 Å². The molecule has 0 heterocycles. The summed E-state index contributed by atoms with van der Waals surface area (Å²) in [4.78, 5) is 27.2. The summed E-state index contributed by atoms with van der Waals surface area (Å²) in [5, 5.41) is 0. The van der Waals surface area contributed by atoms with Crippen molar-refractivity contribution < 1.29 is 28.3 Å². The van der Waals surface area contributed by atoms with Crippen LogP contribution in [0.5, 0.6) is 0 Å². The number of carbonyl (C=O) groups excluding carboxylic acids is 1. The predicted octanol–water partition coefficient (Wildman–Crippen LogP) is 6.34. The van der Waals surface area contributed by atoms with Crippen molar-refractivity contribution >= 4 is 14.6 Å². The molecule has 0 radical (unpaired) electrons. The van der Waals surface area contributed by atoms with E-state index in [2.05, 4.69) is 32.6 Å². The Morgan fingerprint density at radius 1 is 0.742 bits per heavy atom. The van der Waals surface area contributed by atoms with E-state index >= 15 is 0 Å². The van der Waals surface area contributed by atoms with Crippen molar-refractivity contribution in [1.82, 2.24) is 0 Å². The smallest absolute Gasteiger partial charge is 0.326 e. The number of esters is 1. The second-order valence-corrected chi connectivity index (χ2v) is 10.2. The number of ether oxygens (including phenoxy) is 1. The number of unbranched alkanes of at least 4 members (excludes halogenated alkanes) is 14. The summed E-state index contributed by atoms with van der Waals surface area (Å²) < 4.78 is 10.0. The lowest BCUT2D eigenvalue weighted by Crippen LogP contribution is -2.37. The van der Waals surface area contributed by atoms with Crippen LogP contribution in [-0.4, -0.2) is 61.6 Å². The van der Waals surface area contributed by atoms with Gasteiger partial charge in [-0.15, -0.1) is 0 Å². The van der Waals surface area contributed by atoms with Crippen molar-refractivity contribution in [2.24, 2.45) is 0 Å². The van der Waals surface area contributed by atoms with Crippen molar-refractivity contribution in [2.45, 2.75) is 110 Å². The Balaban J connectivity index is 0. The van der Waals surface area contributed by atoms with Gasteiger partial charge in [-0.05, 0) is 6.42 Å². The fourth-order valence-electron chi connectivity index (χ4n) is 3.15. The van der Waals surface area contributed by atoms with E-state index in [1.807, 2.05) is 0 Å². The highest BCUT2D eigenvalue weighted by Crippen LogP contribution is 2.21. The van der Waals surface area contributed by atoms with E-state index in [9.17, 15) is 4.79 Å². The Morgan fingerprint density at radius 3 is 1.42 bits per heavy atom. The molecular weight excluding hydrogens is 413 g/mol. The molecule has 6 nitrogen and oxygen atoms in total. The molecule has 0 aliphatic heterocycles. The van der Waals surface area contributed by atoms with E-state index in [4.69, 9.17) is 14.5 Å². The molecule has 31 heavy (non-hydrogen) atoms. The third-order valence-electron chi connectivity index (χ3n) is 5.17. The van der Waals surface area contributed by atoms with Gasteiger partial charge in [0, 0.05) is 13.5 Å². The van der Waals surface area contributed by atoms with Crippen molar-refractivity contribution in [1.29, 1.82) is 0 Å². The van der Waals surface area contributed by atoms with Crippen LogP contribution in [0.3, 0.4) is 0 Å². The van der Waals surface area contributed by atoms with E-state index in [1.54, 1.807) is 0 Å². The van der Waals surface area contributed by atoms with Gasteiger partial charge in [0.2, 0.25) is 0 Å². The monoisotopic (exact) mass is 466 g/mol. The number of nitrogens with zero attached hydrogens (tertiary/aromatic N) is 1. The maximum absolute atomic E-state index is 11.6. The Morgan fingerprint density at radius 2 is 1.10 bits per heavy atom. The lowest BCUT2D eigenvalue weighted by atomic mass is 10.0. The van der Waals surface area contributed by atoms with Gasteiger partial charge in [0.05, 0.1) is 21.1 Å². The molecular formula is C24H53NO5P+. The normalized spacial score (nSPS) is 11.4. The lowest BCUT2D eigenvalue weighted by Gasteiger charge is -2.23. The van der Waals surface area contributed by atoms with Crippen LogP contribution in [0.25, 0.3) is 0 Å². The van der Waals surface area contributed by atoms with Gasteiger partial charge in [0.25, 0.3) is 0 Å². The molecule has 0 spiro atoms. The van der Waals surface area contributed by atoms with Gasteiger partial charge in [0.1, 0.15) is 13.2 Å². The molecule has 0 amide bonds. The standard InChI is InChI=1S/C23H48NO2.CH5O3P/c1-5-6-7-8-9-10-11-12-13-14-15-16-17-18-19-20-23(25)26-22-21-24(2,3)4;1-4-5(2)3/h5-22H2,1-4H3;2-3H,1H3/q+1;. The van der Waals surface area contributed by atoms with Gasteiger partial charge in [-0.1, -0.05) is 96.8 Å². The predicted molar refractivity (Wildman–Crippen MR) is 132 cm³/mol. The van der Waals surface area contributed by atoms with Crippen molar-refractivity contribution in [2.75, 3.05) is 41.4 Å². The van der Waals surface area contributed by atoms with E-state index < -0.39 is 8.60 Å². The van der Waals surface area contributed by atoms with Crippen LogP contribution in [0.2, 0.25) is 0 Å². The molecule has 0 bridgehead atoms. The first-order valence-electron chi connectivity index (χ1n) is 12.4. The minimum Gasteiger partial charge on any atom is -0.460 e. The van der Waals surface area contributed by atoms with Crippen LogP contribution < -0.4 is 0 Å². The van der Waals surface area contributed by atoms with Crippen molar-refractivity contribution in [3.63, 3.8) is 0 Å². The van der Waals surface area contributed by atoms with E-state index in [-0.39, 0.29) is 5.97 Å². The Labute approximate surface area is 194 Å². The first-order chi connectivity index (χ1) is 14.7. The molecule has 0 unspecified atom stereocenters. The number of quaternary nitrogens is 1. The second-order valence-electron chi connectivity index (χ2n) is 9.37.